The minimum atomic E-state index is -2.49. The fourth-order valence-electron chi connectivity index (χ4n) is 11.1. The summed E-state index contributed by atoms with van der Waals surface area (Å²) < 4.78 is 97.1. The molecule has 6 saturated heterocycles. The zero-order valence-electron chi connectivity index (χ0n) is 56.2. The Morgan fingerprint density at radius 1 is 0.269 bits per heavy atom. The summed E-state index contributed by atoms with van der Waals surface area (Å²) in [7, 11) is 0. The summed E-state index contributed by atoms with van der Waals surface area (Å²) in [4.78, 5) is 40.4. The third-order valence-corrected chi connectivity index (χ3v) is 17.0. The molecule has 0 radical (unpaired) electrons. The number of nitrogens with one attached hydrogen (secondary N) is 3. The summed E-state index contributed by atoms with van der Waals surface area (Å²) >= 11 is 0. The van der Waals surface area contributed by atoms with Crippen molar-refractivity contribution >= 4 is 17.7 Å². The van der Waals surface area contributed by atoms with Gasteiger partial charge in [0.15, 0.2) is 37.7 Å². The Labute approximate surface area is 592 Å². The maximum absolute atomic E-state index is 13.5. The molecule has 6 fully saturated rings. The van der Waals surface area contributed by atoms with Crippen molar-refractivity contribution in [2.75, 3.05) is 139 Å². The lowest BCUT2D eigenvalue weighted by molar-refractivity contribution is -0.307. The first kappa shape index (κ1) is 89.7. The second kappa shape index (κ2) is 45.2. The molecule has 0 aromatic carbocycles. The van der Waals surface area contributed by atoms with Crippen molar-refractivity contribution in [3.63, 3.8) is 0 Å². The van der Waals surface area contributed by atoms with Crippen molar-refractivity contribution < 1.29 is 212 Å². The van der Waals surface area contributed by atoms with E-state index in [0.717, 1.165) is 0 Å². The maximum atomic E-state index is 13.5. The molecule has 0 unspecified atom stereocenters. The monoisotopic (exact) mass is 1530 g/mol. The highest BCUT2D eigenvalue weighted by Crippen LogP contribution is 2.29. The molecule has 104 heavy (non-hydrogen) atoms. The highest BCUT2D eigenvalue weighted by atomic mass is 16.8. The van der Waals surface area contributed by atoms with E-state index in [1.807, 2.05) is 0 Å². The Balaban J connectivity index is 0.947. The molecule has 0 spiro atoms. The molecular formula is C58H103N3O43. The van der Waals surface area contributed by atoms with Crippen LogP contribution in [0.25, 0.3) is 0 Å². The van der Waals surface area contributed by atoms with Crippen LogP contribution < -0.4 is 16.0 Å². The lowest BCUT2D eigenvalue weighted by Crippen LogP contribution is -2.59. The van der Waals surface area contributed by atoms with Crippen molar-refractivity contribution in [1.29, 1.82) is 0 Å². The Morgan fingerprint density at radius 3 is 0.692 bits per heavy atom. The highest BCUT2D eigenvalue weighted by molar-refractivity contribution is 5.84. The fourth-order valence-corrected chi connectivity index (χ4v) is 11.1. The summed E-state index contributed by atoms with van der Waals surface area (Å²) in [6, 6.07) is 0. The van der Waals surface area contributed by atoms with Crippen LogP contribution in [-0.4, -0.2) is 459 Å². The van der Waals surface area contributed by atoms with Crippen LogP contribution in [0.1, 0.15) is 19.3 Å². The van der Waals surface area contributed by atoms with Crippen LogP contribution >= 0.6 is 0 Å². The topological polar surface area (TPSA) is 699 Å². The van der Waals surface area contributed by atoms with Crippen molar-refractivity contribution in [3.05, 3.63) is 0 Å². The molecule has 46 nitrogen and oxygen atoms in total. The molecular weight excluding hydrogens is 1430 g/mol. The van der Waals surface area contributed by atoms with E-state index in [-0.39, 0.29) is 39.6 Å². The standard InChI is InChI=1S/C58H103N3O43/c62-16-25-34(68)40(74)46(80)55(99-25)96-10-7-87-22-90-19-28-37(71)43(77)49(83)52(102-28)93-4-1-59-31(65)13-58(86,14-32(66)60-2-5-94-53-50(84)44(78)38(72)29(103-53)20-91-23-88-8-11-97-56-47(81)41(75)35(69)26(17-63)100-56)15-33(67)61-3-6-95-54-51(85)45(79)39(73)30(104-54)21-92-24-89-9-12-98-57-48(82)42(76)36(70)27(18-64)101-57/h25-30,34-57,62-64,68-86H,1-24H2,(H,59,65)(H,60,66)(H,61,67)/t25-,26-,27-,28-,29-,30-,34-,35-,36-,37-,38-,39-,40+,41+,42+,43+,44+,45+,46+,47+,48+,49+,50+,51+,52+,53+,54+,55+,56+,57+/m1/s1. The summed E-state index contributed by atoms with van der Waals surface area (Å²) in [5.74, 6) is -2.92. The Morgan fingerprint density at radius 2 is 0.471 bits per heavy atom. The predicted molar refractivity (Wildman–Crippen MR) is 325 cm³/mol. The van der Waals surface area contributed by atoms with Crippen LogP contribution in [0.15, 0.2) is 0 Å². The lowest BCUT2D eigenvalue weighted by atomic mass is 9.90. The zero-order valence-corrected chi connectivity index (χ0v) is 56.2. The minimum absolute atomic E-state index is 0.173. The molecule has 0 bridgehead atoms. The molecule has 6 aliphatic heterocycles. The highest BCUT2D eigenvalue weighted by Gasteiger charge is 2.50. The third-order valence-electron chi connectivity index (χ3n) is 17.0. The van der Waals surface area contributed by atoms with E-state index in [0.29, 0.717) is 0 Å². The maximum Gasteiger partial charge on any atom is 0.223 e. The van der Waals surface area contributed by atoms with E-state index >= 15 is 0 Å². The van der Waals surface area contributed by atoms with E-state index in [4.69, 9.17) is 85.3 Å². The van der Waals surface area contributed by atoms with E-state index < -0.39 is 326 Å². The van der Waals surface area contributed by atoms with Gasteiger partial charge in [-0.2, -0.15) is 0 Å². The fraction of sp³-hybridized carbons (Fsp3) is 0.948. The van der Waals surface area contributed by atoms with E-state index in [9.17, 15) is 127 Å². The van der Waals surface area contributed by atoms with E-state index in [2.05, 4.69) is 16.0 Å². The number of carbonyl (C=O) groups is 3. The molecule has 46 heteroatoms. The van der Waals surface area contributed by atoms with Gasteiger partial charge in [0, 0.05) is 19.6 Å². The molecule has 30 atom stereocenters. The van der Waals surface area contributed by atoms with Crippen LogP contribution in [0, 0.1) is 0 Å². The molecule has 6 aliphatic rings. The van der Waals surface area contributed by atoms with Crippen LogP contribution in [0.2, 0.25) is 0 Å². The second-order valence-corrected chi connectivity index (χ2v) is 24.9. The van der Waals surface area contributed by atoms with Gasteiger partial charge in [0.2, 0.25) is 17.7 Å². The average molecular weight is 1530 g/mol. The van der Waals surface area contributed by atoms with Crippen molar-refractivity contribution in [3.8, 4) is 0 Å². The number of ether oxygens (including phenoxy) is 18. The smallest absolute Gasteiger partial charge is 0.223 e. The van der Waals surface area contributed by atoms with E-state index in [1.165, 1.54) is 0 Å². The number of aliphatic hydroxyl groups excluding tert-OH is 21. The number of hydrogen-bond acceptors (Lipinski definition) is 43. The van der Waals surface area contributed by atoms with E-state index in [1.54, 1.807) is 0 Å². The molecule has 0 aromatic rings. The SMILES string of the molecule is O=C(CC(O)(CC(=O)NCCO[C@H]1O[C@H](COCOCCO[C@H]2O[C@H](CO)[C@@H](O)[C@H](O)[C@@H]2O)[C@@H](O)[C@H](O)[C@@H]1O)CC(=O)NCCO[C@H]1O[C@H](COCOCCO[C@H]2O[C@H](CO)[C@@H](O)[C@H](O)[C@@H]2O)[C@@H](O)[C@H](O)[C@@H]1O)NCCO[C@H]1O[C@H](COCOCCO[C@H]2O[C@H](CO)[C@@H](O)[C@H](O)[C@@H]2O)[C@@H](O)[C@H](O)[C@@H]1O. The van der Waals surface area contributed by atoms with Crippen molar-refractivity contribution in [2.45, 2.75) is 209 Å². The number of carbonyl (C=O) groups excluding carboxylic acids is 3. The first-order chi connectivity index (χ1) is 49.6. The molecule has 608 valence electrons. The third kappa shape index (κ3) is 26.5. The second-order valence-electron chi connectivity index (χ2n) is 24.9. The largest absolute Gasteiger partial charge is 0.394 e. The quantitative estimate of drug-likeness (QED) is 0.0199. The van der Waals surface area contributed by atoms with Crippen LogP contribution in [0.3, 0.4) is 0 Å². The summed E-state index contributed by atoms with van der Waals surface area (Å²) in [5.41, 5.74) is -2.49. The molecule has 6 rings (SSSR count). The first-order valence-electron chi connectivity index (χ1n) is 33.3. The van der Waals surface area contributed by atoms with Gasteiger partial charge in [0.1, 0.15) is 167 Å². The van der Waals surface area contributed by atoms with Gasteiger partial charge in [-0.3, -0.25) is 14.4 Å². The van der Waals surface area contributed by atoms with Gasteiger partial charge < -0.3 is 214 Å². The zero-order chi connectivity index (χ0) is 76.4. The minimum Gasteiger partial charge on any atom is -0.394 e. The number of aliphatic hydroxyl groups is 22. The number of hydrogen-bond donors (Lipinski definition) is 25. The van der Waals surface area contributed by atoms with Crippen LogP contribution in [0.4, 0.5) is 0 Å². The molecule has 25 N–H and O–H groups in total. The van der Waals surface area contributed by atoms with Crippen LogP contribution in [0.5, 0.6) is 0 Å². The predicted octanol–water partition coefficient (Wildman–Crippen LogP) is -16.9. The molecule has 6 heterocycles. The summed E-state index contributed by atoms with van der Waals surface area (Å²) in [6.07, 6.45) is -50.5. The van der Waals surface area contributed by atoms with Crippen molar-refractivity contribution in [1.82, 2.24) is 16.0 Å². The van der Waals surface area contributed by atoms with Gasteiger partial charge in [0.05, 0.1) is 124 Å². The summed E-state index contributed by atoms with van der Waals surface area (Å²) in [5, 5.41) is 233. The van der Waals surface area contributed by atoms with Gasteiger partial charge in [0.25, 0.3) is 0 Å². The van der Waals surface area contributed by atoms with Gasteiger partial charge in [-0.1, -0.05) is 0 Å². The molecule has 3 amide bonds. The molecule has 0 saturated carbocycles. The molecule has 0 aromatic heterocycles. The summed E-state index contributed by atoms with van der Waals surface area (Å²) in [6.45, 7) is -8.41. The Kier molecular flexibility index (Phi) is 39.0. The van der Waals surface area contributed by atoms with Gasteiger partial charge >= 0.3 is 0 Å². The molecule has 0 aliphatic carbocycles. The number of rotatable bonds is 45. The number of amides is 3. The van der Waals surface area contributed by atoms with Gasteiger partial charge in [-0.25, -0.2) is 0 Å². The Hall–Kier alpha value is -3.19. The average Bonchev–Trinajstić information content (AvgIpc) is 0.840. The first-order valence-corrected chi connectivity index (χ1v) is 33.3. The van der Waals surface area contributed by atoms with Gasteiger partial charge in [-0.15, -0.1) is 0 Å². The van der Waals surface area contributed by atoms with Crippen molar-refractivity contribution in [2.24, 2.45) is 0 Å². The normalized spacial score (nSPS) is 38.6. The lowest BCUT2D eigenvalue weighted by Gasteiger charge is -2.40. The Bertz CT molecular complexity index is 2170. The van der Waals surface area contributed by atoms with Gasteiger partial charge in [-0.05, 0) is 0 Å². The van der Waals surface area contributed by atoms with Crippen LogP contribution in [-0.2, 0) is 99.6 Å².